The minimum Gasteiger partial charge on any atom is -0.444 e. The standard InChI is InChI=1S/C16H31N3O2/c1-16(2,3)21-15(20)19-12-4-5-14(19)8-11-18-13-6-9-17-10-7-13/h13-14,17-18H,4-12H2,1-3H3. The Hall–Kier alpha value is -0.810. The maximum absolute atomic E-state index is 12.2. The number of amides is 1. The average Bonchev–Trinajstić information content (AvgIpc) is 2.86. The van der Waals surface area contributed by atoms with Crippen molar-refractivity contribution in [3.63, 3.8) is 0 Å². The van der Waals surface area contributed by atoms with Crippen LogP contribution in [0, 0.1) is 0 Å². The SMILES string of the molecule is CC(C)(C)OC(=O)N1CCCC1CCNC1CCNCC1. The van der Waals surface area contributed by atoms with Gasteiger partial charge in [-0.1, -0.05) is 0 Å². The van der Waals surface area contributed by atoms with Crippen molar-refractivity contribution in [1.29, 1.82) is 0 Å². The number of hydrogen-bond donors (Lipinski definition) is 2. The lowest BCUT2D eigenvalue weighted by atomic mass is 10.1. The summed E-state index contributed by atoms with van der Waals surface area (Å²) in [5.74, 6) is 0. The molecule has 2 aliphatic rings. The monoisotopic (exact) mass is 297 g/mol. The number of nitrogens with zero attached hydrogens (tertiary/aromatic N) is 1. The molecule has 122 valence electrons. The molecule has 1 atom stereocenters. The van der Waals surface area contributed by atoms with Crippen LogP contribution in [0.4, 0.5) is 4.79 Å². The number of piperidine rings is 1. The molecule has 0 radical (unpaired) electrons. The molecule has 0 saturated carbocycles. The smallest absolute Gasteiger partial charge is 0.410 e. The van der Waals surface area contributed by atoms with E-state index in [1.807, 2.05) is 25.7 Å². The van der Waals surface area contributed by atoms with Gasteiger partial charge in [-0.2, -0.15) is 0 Å². The summed E-state index contributed by atoms with van der Waals surface area (Å²) in [5, 5.41) is 7.02. The van der Waals surface area contributed by atoms with Crippen molar-refractivity contribution in [2.24, 2.45) is 0 Å². The molecule has 5 nitrogen and oxygen atoms in total. The van der Waals surface area contributed by atoms with Crippen molar-refractivity contribution in [3.05, 3.63) is 0 Å². The van der Waals surface area contributed by atoms with Crippen molar-refractivity contribution in [1.82, 2.24) is 15.5 Å². The fourth-order valence-corrected chi connectivity index (χ4v) is 3.18. The zero-order valence-corrected chi connectivity index (χ0v) is 13.8. The quantitative estimate of drug-likeness (QED) is 0.834. The minimum atomic E-state index is -0.405. The first-order valence-electron chi connectivity index (χ1n) is 8.39. The molecule has 2 aliphatic heterocycles. The minimum absolute atomic E-state index is 0.146. The van der Waals surface area contributed by atoms with Gasteiger partial charge in [0.1, 0.15) is 5.60 Å². The second-order valence-corrected chi connectivity index (χ2v) is 7.24. The maximum Gasteiger partial charge on any atom is 0.410 e. The molecule has 2 fully saturated rings. The summed E-state index contributed by atoms with van der Waals surface area (Å²) in [7, 11) is 0. The van der Waals surface area contributed by atoms with Crippen LogP contribution in [-0.2, 0) is 4.74 Å². The molecular formula is C16H31N3O2. The van der Waals surface area contributed by atoms with Crippen LogP contribution in [0.5, 0.6) is 0 Å². The summed E-state index contributed by atoms with van der Waals surface area (Å²) in [6, 6.07) is 0.983. The largest absolute Gasteiger partial charge is 0.444 e. The van der Waals surface area contributed by atoms with E-state index in [9.17, 15) is 4.79 Å². The molecule has 2 saturated heterocycles. The maximum atomic E-state index is 12.2. The highest BCUT2D eigenvalue weighted by Crippen LogP contribution is 2.22. The Kier molecular flexibility index (Phi) is 5.88. The van der Waals surface area contributed by atoms with Crippen molar-refractivity contribution >= 4 is 6.09 Å². The van der Waals surface area contributed by atoms with E-state index in [0.29, 0.717) is 12.1 Å². The van der Waals surface area contributed by atoms with Crippen molar-refractivity contribution in [2.75, 3.05) is 26.2 Å². The molecule has 0 bridgehead atoms. The van der Waals surface area contributed by atoms with Gasteiger partial charge in [-0.3, -0.25) is 0 Å². The van der Waals surface area contributed by atoms with Gasteiger partial charge < -0.3 is 20.3 Å². The first-order valence-corrected chi connectivity index (χ1v) is 8.39. The molecule has 2 rings (SSSR count). The zero-order chi connectivity index (χ0) is 15.3. The Labute approximate surface area is 128 Å². The van der Waals surface area contributed by atoms with E-state index >= 15 is 0 Å². The molecule has 0 spiro atoms. The third-order valence-electron chi connectivity index (χ3n) is 4.25. The lowest BCUT2D eigenvalue weighted by Gasteiger charge is -2.29. The fraction of sp³-hybridized carbons (Fsp3) is 0.938. The molecule has 0 aromatic heterocycles. The van der Waals surface area contributed by atoms with Crippen LogP contribution in [-0.4, -0.2) is 54.9 Å². The van der Waals surface area contributed by atoms with E-state index in [-0.39, 0.29) is 6.09 Å². The van der Waals surface area contributed by atoms with E-state index < -0.39 is 5.60 Å². The lowest BCUT2D eigenvalue weighted by molar-refractivity contribution is 0.0220. The van der Waals surface area contributed by atoms with Gasteiger partial charge in [-0.25, -0.2) is 4.79 Å². The molecule has 1 amide bonds. The van der Waals surface area contributed by atoms with Crippen LogP contribution >= 0.6 is 0 Å². The summed E-state index contributed by atoms with van der Waals surface area (Å²) in [6.45, 7) is 9.84. The Morgan fingerprint density at radius 2 is 2.00 bits per heavy atom. The van der Waals surface area contributed by atoms with Gasteiger partial charge in [0, 0.05) is 18.6 Å². The number of carbonyl (C=O) groups excluding carboxylic acids is 1. The van der Waals surface area contributed by atoms with Crippen LogP contribution < -0.4 is 10.6 Å². The summed E-state index contributed by atoms with van der Waals surface area (Å²) in [4.78, 5) is 14.1. The van der Waals surface area contributed by atoms with E-state index in [0.717, 1.165) is 45.4 Å². The second-order valence-electron chi connectivity index (χ2n) is 7.24. The molecule has 2 heterocycles. The summed E-state index contributed by atoms with van der Waals surface area (Å²) in [6.07, 6.45) is 5.50. The summed E-state index contributed by atoms with van der Waals surface area (Å²) >= 11 is 0. The zero-order valence-electron chi connectivity index (χ0n) is 13.8. The van der Waals surface area contributed by atoms with Gasteiger partial charge in [0.15, 0.2) is 0 Å². The number of likely N-dealkylation sites (tertiary alicyclic amines) is 1. The lowest BCUT2D eigenvalue weighted by Crippen LogP contribution is -2.43. The Balaban J connectivity index is 1.72. The van der Waals surface area contributed by atoms with Crippen LogP contribution in [0.3, 0.4) is 0 Å². The van der Waals surface area contributed by atoms with Crippen LogP contribution in [0.1, 0.15) is 52.9 Å². The third-order valence-corrected chi connectivity index (χ3v) is 4.25. The number of hydrogen-bond acceptors (Lipinski definition) is 4. The van der Waals surface area contributed by atoms with Gasteiger partial charge in [0.05, 0.1) is 0 Å². The average molecular weight is 297 g/mol. The van der Waals surface area contributed by atoms with Crippen LogP contribution in [0.25, 0.3) is 0 Å². The summed E-state index contributed by atoms with van der Waals surface area (Å²) < 4.78 is 5.51. The van der Waals surface area contributed by atoms with Gasteiger partial charge in [0.25, 0.3) is 0 Å². The van der Waals surface area contributed by atoms with Crippen molar-refractivity contribution < 1.29 is 9.53 Å². The highest BCUT2D eigenvalue weighted by molar-refractivity contribution is 5.68. The van der Waals surface area contributed by atoms with Gasteiger partial charge in [-0.05, 0) is 72.5 Å². The molecule has 0 aromatic carbocycles. The van der Waals surface area contributed by atoms with Gasteiger partial charge >= 0.3 is 6.09 Å². The topological polar surface area (TPSA) is 53.6 Å². The molecule has 2 N–H and O–H groups in total. The predicted octanol–water partition coefficient (Wildman–Crippen LogP) is 2.12. The highest BCUT2D eigenvalue weighted by atomic mass is 16.6. The number of rotatable bonds is 4. The molecule has 21 heavy (non-hydrogen) atoms. The third kappa shape index (κ3) is 5.47. The Bertz CT molecular complexity index is 335. The molecule has 1 unspecified atom stereocenters. The van der Waals surface area contributed by atoms with E-state index in [1.54, 1.807) is 0 Å². The predicted molar refractivity (Wildman–Crippen MR) is 84.5 cm³/mol. The van der Waals surface area contributed by atoms with E-state index in [4.69, 9.17) is 4.74 Å². The van der Waals surface area contributed by atoms with E-state index in [2.05, 4.69) is 10.6 Å². The molecule has 0 aromatic rings. The number of nitrogens with one attached hydrogen (secondary N) is 2. The normalized spacial score (nSPS) is 24.3. The summed E-state index contributed by atoms with van der Waals surface area (Å²) in [5.41, 5.74) is -0.405. The van der Waals surface area contributed by atoms with Gasteiger partial charge in [0.2, 0.25) is 0 Å². The van der Waals surface area contributed by atoms with Crippen LogP contribution in [0.15, 0.2) is 0 Å². The number of ether oxygens (including phenoxy) is 1. The first kappa shape index (κ1) is 16.6. The molecule has 5 heteroatoms. The second kappa shape index (κ2) is 7.45. The van der Waals surface area contributed by atoms with Gasteiger partial charge in [-0.15, -0.1) is 0 Å². The molecular weight excluding hydrogens is 266 g/mol. The van der Waals surface area contributed by atoms with Crippen molar-refractivity contribution in [3.8, 4) is 0 Å². The Morgan fingerprint density at radius 1 is 1.29 bits per heavy atom. The van der Waals surface area contributed by atoms with E-state index in [1.165, 1.54) is 12.8 Å². The fourth-order valence-electron chi connectivity index (χ4n) is 3.18. The number of carbonyl (C=O) groups is 1. The highest BCUT2D eigenvalue weighted by Gasteiger charge is 2.31. The first-order chi connectivity index (χ1) is 9.96. The Morgan fingerprint density at radius 3 is 2.67 bits per heavy atom. The van der Waals surface area contributed by atoms with Crippen LogP contribution in [0.2, 0.25) is 0 Å². The van der Waals surface area contributed by atoms with Crippen molar-refractivity contribution in [2.45, 2.75) is 70.6 Å². The molecule has 0 aliphatic carbocycles.